The standard InChI is InChI=1S/C18H26F3N5O2S/c1-11(2)10-12(23-15(28)13-6-4-5-9-22-13)7-8-14(27)26(3)17-25-24-16(29-17)18(19,20)21/h7-8,11-13,22H,4-6,9-10H2,1-3H3,(H,23,28)/t12-,13+/m1/s1. The molecule has 0 aromatic carbocycles. The molecule has 1 saturated heterocycles. The molecule has 2 N–H and O–H groups in total. The average molecular weight is 434 g/mol. The van der Waals surface area contributed by atoms with E-state index in [4.69, 9.17) is 0 Å². The maximum absolute atomic E-state index is 12.7. The van der Waals surface area contributed by atoms with Gasteiger partial charge in [0.1, 0.15) is 0 Å². The van der Waals surface area contributed by atoms with E-state index in [-0.39, 0.29) is 29.0 Å². The van der Waals surface area contributed by atoms with E-state index in [9.17, 15) is 22.8 Å². The van der Waals surface area contributed by atoms with Gasteiger partial charge < -0.3 is 10.6 Å². The zero-order valence-corrected chi connectivity index (χ0v) is 17.4. The average Bonchev–Trinajstić information content (AvgIpc) is 3.16. The van der Waals surface area contributed by atoms with Crippen LogP contribution in [0.1, 0.15) is 44.5 Å². The predicted molar refractivity (Wildman–Crippen MR) is 104 cm³/mol. The molecular formula is C18H26F3N5O2S. The van der Waals surface area contributed by atoms with Crippen molar-refractivity contribution in [1.82, 2.24) is 20.8 Å². The number of amides is 2. The van der Waals surface area contributed by atoms with Crippen LogP contribution in [-0.2, 0) is 15.8 Å². The Morgan fingerprint density at radius 2 is 2.07 bits per heavy atom. The number of anilines is 1. The first-order chi connectivity index (χ1) is 13.6. The van der Waals surface area contributed by atoms with Crippen LogP contribution in [0.2, 0.25) is 0 Å². The van der Waals surface area contributed by atoms with Crippen LogP contribution >= 0.6 is 11.3 Å². The Balaban J connectivity index is 2.01. The van der Waals surface area contributed by atoms with Gasteiger partial charge in [-0.05, 0) is 31.7 Å². The monoisotopic (exact) mass is 433 g/mol. The molecule has 2 rings (SSSR count). The minimum atomic E-state index is -4.60. The number of hydrogen-bond acceptors (Lipinski definition) is 6. The van der Waals surface area contributed by atoms with Crippen LogP contribution in [0.15, 0.2) is 12.2 Å². The molecule has 1 aromatic heterocycles. The van der Waals surface area contributed by atoms with E-state index < -0.39 is 17.1 Å². The van der Waals surface area contributed by atoms with Crippen molar-refractivity contribution in [3.8, 4) is 0 Å². The highest BCUT2D eigenvalue weighted by atomic mass is 32.1. The number of carbonyl (C=O) groups excluding carboxylic acids is 2. The number of carbonyl (C=O) groups is 2. The molecule has 0 unspecified atom stereocenters. The number of halogens is 3. The van der Waals surface area contributed by atoms with E-state index >= 15 is 0 Å². The molecular weight excluding hydrogens is 407 g/mol. The molecule has 11 heteroatoms. The predicted octanol–water partition coefficient (Wildman–Crippen LogP) is 2.75. The third kappa shape index (κ3) is 7.07. The Labute approximate surface area is 171 Å². The molecule has 1 aliphatic heterocycles. The Kier molecular flexibility index (Phi) is 8.14. The van der Waals surface area contributed by atoms with E-state index in [1.807, 2.05) is 13.8 Å². The molecule has 7 nitrogen and oxygen atoms in total. The first kappa shape index (κ1) is 23.3. The number of nitrogens with zero attached hydrogens (tertiary/aromatic N) is 3. The van der Waals surface area contributed by atoms with Crippen LogP contribution in [0, 0.1) is 5.92 Å². The molecule has 0 aliphatic carbocycles. The van der Waals surface area contributed by atoms with Gasteiger partial charge in [-0.2, -0.15) is 13.2 Å². The summed E-state index contributed by atoms with van der Waals surface area (Å²) in [5.41, 5.74) is 0. The van der Waals surface area contributed by atoms with Gasteiger partial charge in [-0.1, -0.05) is 37.7 Å². The van der Waals surface area contributed by atoms with Crippen LogP contribution in [0.5, 0.6) is 0 Å². The molecule has 0 radical (unpaired) electrons. The third-order valence-corrected chi connectivity index (χ3v) is 5.47. The lowest BCUT2D eigenvalue weighted by Crippen LogP contribution is -2.49. The van der Waals surface area contributed by atoms with Gasteiger partial charge in [-0.15, -0.1) is 10.2 Å². The van der Waals surface area contributed by atoms with E-state index in [0.717, 1.165) is 30.7 Å². The molecule has 2 heterocycles. The smallest absolute Gasteiger partial charge is 0.349 e. The summed E-state index contributed by atoms with van der Waals surface area (Å²) in [5.74, 6) is -0.386. The minimum absolute atomic E-state index is 0.111. The van der Waals surface area contributed by atoms with Crippen molar-refractivity contribution in [2.45, 2.75) is 57.8 Å². The highest BCUT2D eigenvalue weighted by Gasteiger charge is 2.36. The van der Waals surface area contributed by atoms with Crippen LogP contribution in [0.25, 0.3) is 0 Å². The Morgan fingerprint density at radius 1 is 1.34 bits per heavy atom. The summed E-state index contributed by atoms with van der Waals surface area (Å²) < 4.78 is 38.0. The molecule has 29 heavy (non-hydrogen) atoms. The van der Waals surface area contributed by atoms with Crippen molar-refractivity contribution in [1.29, 1.82) is 0 Å². The number of likely N-dealkylation sites (N-methyl/N-ethyl adjacent to an activating group) is 1. The summed E-state index contributed by atoms with van der Waals surface area (Å²) in [6.45, 7) is 4.80. The van der Waals surface area contributed by atoms with Crippen molar-refractivity contribution in [2.24, 2.45) is 5.92 Å². The second-order valence-electron chi connectivity index (χ2n) is 7.39. The van der Waals surface area contributed by atoms with E-state index in [1.165, 1.54) is 13.1 Å². The first-order valence-electron chi connectivity index (χ1n) is 9.48. The van der Waals surface area contributed by atoms with Crippen LogP contribution in [-0.4, -0.2) is 47.7 Å². The van der Waals surface area contributed by atoms with Crippen LogP contribution < -0.4 is 15.5 Å². The van der Waals surface area contributed by atoms with E-state index in [2.05, 4.69) is 20.8 Å². The molecule has 1 aliphatic rings. The molecule has 2 amide bonds. The topological polar surface area (TPSA) is 87.2 Å². The van der Waals surface area contributed by atoms with Crippen molar-refractivity contribution in [3.05, 3.63) is 17.2 Å². The molecule has 0 saturated carbocycles. The Morgan fingerprint density at radius 3 is 2.62 bits per heavy atom. The fourth-order valence-electron chi connectivity index (χ4n) is 2.92. The lowest BCUT2D eigenvalue weighted by atomic mass is 10.0. The van der Waals surface area contributed by atoms with Crippen molar-refractivity contribution in [3.63, 3.8) is 0 Å². The van der Waals surface area contributed by atoms with Crippen LogP contribution in [0.3, 0.4) is 0 Å². The van der Waals surface area contributed by atoms with E-state index in [1.54, 1.807) is 6.08 Å². The number of aromatic nitrogens is 2. The van der Waals surface area contributed by atoms with Crippen molar-refractivity contribution >= 4 is 28.3 Å². The number of nitrogens with one attached hydrogen (secondary N) is 2. The van der Waals surface area contributed by atoms with Gasteiger partial charge in [0.15, 0.2) is 0 Å². The molecule has 162 valence electrons. The summed E-state index contributed by atoms with van der Waals surface area (Å²) in [6.07, 6.45) is 1.65. The summed E-state index contributed by atoms with van der Waals surface area (Å²) in [6, 6.07) is -0.601. The lowest BCUT2D eigenvalue weighted by Gasteiger charge is -2.25. The minimum Gasteiger partial charge on any atom is -0.349 e. The van der Waals surface area contributed by atoms with Crippen molar-refractivity contribution < 1.29 is 22.8 Å². The van der Waals surface area contributed by atoms with Gasteiger partial charge in [-0.25, -0.2) is 0 Å². The Bertz CT molecular complexity index is 729. The van der Waals surface area contributed by atoms with Gasteiger partial charge in [0.05, 0.1) is 6.04 Å². The molecule has 1 aromatic rings. The maximum Gasteiger partial charge on any atom is 0.445 e. The summed E-state index contributed by atoms with van der Waals surface area (Å²) >= 11 is 0.297. The molecule has 0 spiro atoms. The zero-order chi connectivity index (χ0) is 21.6. The summed E-state index contributed by atoms with van der Waals surface area (Å²) in [5, 5.41) is 11.4. The van der Waals surface area contributed by atoms with Gasteiger partial charge >= 0.3 is 6.18 Å². The summed E-state index contributed by atoms with van der Waals surface area (Å²) in [4.78, 5) is 25.8. The van der Waals surface area contributed by atoms with Gasteiger partial charge in [0.2, 0.25) is 16.0 Å². The van der Waals surface area contributed by atoms with Gasteiger partial charge in [0, 0.05) is 19.2 Å². The fraction of sp³-hybridized carbons (Fsp3) is 0.667. The second-order valence-corrected chi connectivity index (χ2v) is 8.35. The molecule has 2 atom stereocenters. The number of piperidine rings is 1. The quantitative estimate of drug-likeness (QED) is 0.646. The zero-order valence-electron chi connectivity index (χ0n) is 16.6. The Hall–Kier alpha value is -2.01. The third-order valence-electron chi connectivity index (χ3n) is 4.43. The normalized spacial score (nSPS) is 18.8. The highest BCUT2D eigenvalue weighted by molar-refractivity contribution is 7.15. The SMILES string of the molecule is CC(C)C[C@@H](C=CC(=O)N(C)c1nnc(C(F)(F)F)s1)NC(=O)[C@@H]1CCCCN1. The second kappa shape index (κ2) is 10.1. The largest absolute Gasteiger partial charge is 0.445 e. The van der Waals surface area contributed by atoms with Gasteiger partial charge in [0.25, 0.3) is 5.91 Å². The van der Waals surface area contributed by atoms with Crippen LogP contribution in [0.4, 0.5) is 18.3 Å². The molecule has 0 bridgehead atoms. The van der Waals surface area contributed by atoms with Gasteiger partial charge in [-0.3, -0.25) is 14.5 Å². The number of hydrogen-bond donors (Lipinski definition) is 2. The molecule has 1 fully saturated rings. The number of rotatable bonds is 7. The lowest BCUT2D eigenvalue weighted by molar-refractivity contribution is -0.138. The summed E-state index contributed by atoms with van der Waals surface area (Å²) in [7, 11) is 1.33. The van der Waals surface area contributed by atoms with Crippen molar-refractivity contribution in [2.75, 3.05) is 18.5 Å². The maximum atomic E-state index is 12.7. The first-order valence-corrected chi connectivity index (χ1v) is 10.3. The van der Waals surface area contributed by atoms with E-state index in [0.29, 0.717) is 17.8 Å². The number of alkyl halides is 3. The fourth-order valence-corrected chi connectivity index (χ4v) is 3.60. The highest BCUT2D eigenvalue weighted by Crippen LogP contribution is 2.34.